The minimum absolute atomic E-state index is 0.267. The summed E-state index contributed by atoms with van der Waals surface area (Å²) in [6.45, 7) is 8.81. The Morgan fingerprint density at radius 3 is 1.90 bits per heavy atom. The van der Waals surface area contributed by atoms with Crippen molar-refractivity contribution >= 4 is 11.6 Å². The molecule has 0 aliphatic carbocycles. The van der Waals surface area contributed by atoms with Crippen LogP contribution >= 0.6 is 11.6 Å². The third-order valence-corrected chi connectivity index (χ3v) is 4.19. The van der Waals surface area contributed by atoms with Gasteiger partial charge in [0.1, 0.15) is 0 Å². The molecule has 0 saturated carbocycles. The second-order valence-corrected chi connectivity index (χ2v) is 6.42. The molecule has 0 saturated heterocycles. The zero-order chi connectivity index (χ0) is 15.4. The van der Waals surface area contributed by atoms with E-state index < -0.39 is 0 Å². The minimum atomic E-state index is 0.267. The molecular formula is C19H24ClN. The van der Waals surface area contributed by atoms with Crippen LogP contribution in [-0.4, -0.2) is 0 Å². The van der Waals surface area contributed by atoms with Gasteiger partial charge in [-0.15, -0.1) is 0 Å². The lowest BCUT2D eigenvalue weighted by Gasteiger charge is -2.21. The lowest BCUT2D eigenvalue weighted by molar-refractivity contribution is 0.494. The Kier molecular flexibility index (Phi) is 5.44. The molecule has 0 aromatic heterocycles. The molecule has 0 heterocycles. The van der Waals surface area contributed by atoms with Crippen LogP contribution in [0.4, 0.5) is 0 Å². The highest BCUT2D eigenvalue weighted by atomic mass is 35.5. The Balaban J connectivity index is 2.05. The first-order valence-electron chi connectivity index (χ1n) is 7.58. The molecule has 1 nitrogen and oxygen atoms in total. The molecule has 1 N–H and O–H groups in total. The van der Waals surface area contributed by atoms with E-state index in [2.05, 4.69) is 63.3 Å². The van der Waals surface area contributed by atoms with Crippen LogP contribution in [-0.2, 0) is 0 Å². The number of nitrogens with one attached hydrogen (secondary N) is 1. The average Bonchev–Trinajstić information content (AvgIpc) is 2.47. The summed E-state index contributed by atoms with van der Waals surface area (Å²) in [5, 5.41) is 4.42. The largest absolute Gasteiger partial charge is 0.304 e. The first-order chi connectivity index (χ1) is 9.97. The van der Waals surface area contributed by atoms with E-state index in [0.717, 1.165) is 5.02 Å². The topological polar surface area (TPSA) is 12.0 Å². The summed E-state index contributed by atoms with van der Waals surface area (Å²) < 4.78 is 0. The second-order valence-electron chi connectivity index (χ2n) is 5.99. The molecule has 0 spiro atoms. The molecule has 2 aromatic rings. The zero-order valence-corrected chi connectivity index (χ0v) is 14.0. The first-order valence-corrected chi connectivity index (χ1v) is 7.96. The molecule has 2 aromatic carbocycles. The number of hydrogen-bond acceptors (Lipinski definition) is 1. The fourth-order valence-electron chi connectivity index (χ4n) is 2.51. The van der Waals surface area contributed by atoms with Crippen molar-refractivity contribution in [2.24, 2.45) is 0 Å². The quantitative estimate of drug-likeness (QED) is 0.727. The second kappa shape index (κ2) is 7.11. The Morgan fingerprint density at radius 2 is 1.33 bits per heavy atom. The lowest BCUT2D eigenvalue weighted by Crippen LogP contribution is -2.22. The van der Waals surface area contributed by atoms with Crippen LogP contribution in [0.1, 0.15) is 62.4 Å². The summed E-state index contributed by atoms with van der Waals surface area (Å²) in [4.78, 5) is 0. The normalized spacial score (nSPS) is 14.2. The van der Waals surface area contributed by atoms with E-state index in [1.54, 1.807) is 0 Å². The Hall–Kier alpha value is -1.31. The average molecular weight is 302 g/mol. The van der Waals surface area contributed by atoms with Gasteiger partial charge in [-0.25, -0.2) is 0 Å². The molecule has 2 heteroatoms. The highest BCUT2D eigenvalue weighted by molar-refractivity contribution is 6.30. The summed E-state index contributed by atoms with van der Waals surface area (Å²) in [7, 11) is 0. The maximum atomic E-state index is 6.06. The van der Waals surface area contributed by atoms with Crippen molar-refractivity contribution in [1.82, 2.24) is 5.32 Å². The van der Waals surface area contributed by atoms with E-state index in [4.69, 9.17) is 11.6 Å². The Bertz CT molecular complexity index is 574. The van der Waals surface area contributed by atoms with Gasteiger partial charge in [0.15, 0.2) is 0 Å². The van der Waals surface area contributed by atoms with Gasteiger partial charge in [0.2, 0.25) is 0 Å². The lowest BCUT2D eigenvalue weighted by atomic mass is 9.99. The van der Waals surface area contributed by atoms with Crippen molar-refractivity contribution in [1.29, 1.82) is 0 Å². The maximum Gasteiger partial charge on any atom is 0.0409 e. The molecule has 1 unspecified atom stereocenters. The predicted molar refractivity (Wildman–Crippen MR) is 91.9 cm³/mol. The summed E-state index contributed by atoms with van der Waals surface area (Å²) in [5.41, 5.74) is 3.91. The van der Waals surface area contributed by atoms with Crippen LogP contribution in [0, 0.1) is 0 Å². The van der Waals surface area contributed by atoms with E-state index >= 15 is 0 Å². The molecule has 2 atom stereocenters. The highest BCUT2D eigenvalue weighted by Crippen LogP contribution is 2.23. The van der Waals surface area contributed by atoms with Crippen LogP contribution in [0.15, 0.2) is 48.5 Å². The minimum Gasteiger partial charge on any atom is -0.304 e. The third-order valence-electron chi connectivity index (χ3n) is 3.95. The van der Waals surface area contributed by atoms with Crippen molar-refractivity contribution in [2.45, 2.75) is 45.7 Å². The van der Waals surface area contributed by atoms with Gasteiger partial charge in [-0.2, -0.15) is 0 Å². The summed E-state index contributed by atoms with van der Waals surface area (Å²) in [5.74, 6) is 0.577. The molecule has 21 heavy (non-hydrogen) atoms. The summed E-state index contributed by atoms with van der Waals surface area (Å²) >= 11 is 6.06. The number of rotatable bonds is 5. The van der Waals surface area contributed by atoms with Gasteiger partial charge in [0.05, 0.1) is 0 Å². The first kappa shape index (κ1) is 16.1. The highest BCUT2D eigenvalue weighted by Gasteiger charge is 2.11. The fourth-order valence-corrected chi connectivity index (χ4v) is 2.71. The van der Waals surface area contributed by atoms with E-state index in [9.17, 15) is 0 Å². The molecule has 2 rings (SSSR count). The molecule has 0 amide bonds. The van der Waals surface area contributed by atoms with E-state index in [1.807, 2.05) is 18.2 Å². The Morgan fingerprint density at radius 1 is 0.762 bits per heavy atom. The smallest absolute Gasteiger partial charge is 0.0409 e. The van der Waals surface area contributed by atoms with Gasteiger partial charge < -0.3 is 5.32 Å². The van der Waals surface area contributed by atoms with Crippen molar-refractivity contribution in [3.05, 3.63) is 70.2 Å². The number of benzene rings is 2. The van der Waals surface area contributed by atoms with Gasteiger partial charge in [-0.1, -0.05) is 61.8 Å². The van der Waals surface area contributed by atoms with Gasteiger partial charge in [-0.05, 0) is 48.6 Å². The van der Waals surface area contributed by atoms with Crippen molar-refractivity contribution in [3.63, 3.8) is 0 Å². The van der Waals surface area contributed by atoms with E-state index in [0.29, 0.717) is 12.0 Å². The van der Waals surface area contributed by atoms with Gasteiger partial charge in [0, 0.05) is 17.1 Å². The molecule has 0 bridgehead atoms. The van der Waals surface area contributed by atoms with Crippen molar-refractivity contribution in [3.8, 4) is 0 Å². The fraction of sp³-hybridized carbons (Fsp3) is 0.368. The zero-order valence-electron chi connectivity index (χ0n) is 13.2. The van der Waals surface area contributed by atoms with Crippen LogP contribution < -0.4 is 5.32 Å². The number of hydrogen-bond donors (Lipinski definition) is 1. The SMILES string of the molecule is CC(C)c1ccc(C(C)N[C@H](C)c2cccc(Cl)c2)cc1. The van der Waals surface area contributed by atoms with Gasteiger partial charge >= 0.3 is 0 Å². The van der Waals surface area contributed by atoms with Gasteiger partial charge in [-0.3, -0.25) is 0 Å². The van der Waals surface area contributed by atoms with E-state index in [-0.39, 0.29) is 6.04 Å². The Labute approximate surface area is 133 Å². The van der Waals surface area contributed by atoms with Crippen LogP contribution in [0.3, 0.4) is 0 Å². The van der Waals surface area contributed by atoms with Crippen LogP contribution in [0.5, 0.6) is 0 Å². The number of halogens is 1. The summed E-state index contributed by atoms with van der Waals surface area (Å²) in [6.07, 6.45) is 0. The third kappa shape index (κ3) is 4.33. The molecule has 0 aliphatic rings. The van der Waals surface area contributed by atoms with Crippen molar-refractivity contribution < 1.29 is 0 Å². The standard InChI is InChI=1S/C19H24ClN/c1-13(2)16-8-10-17(11-9-16)14(3)21-15(4)18-6-5-7-19(20)12-18/h5-15,21H,1-4H3/t14?,15-/m1/s1. The molecule has 0 aliphatic heterocycles. The predicted octanol–water partition coefficient (Wildman–Crippen LogP) is 5.88. The van der Waals surface area contributed by atoms with Crippen LogP contribution in [0.2, 0.25) is 5.02 Å². The molecule has 0 fully saturated rings. The molecule has 0 radical (unpaired) electrons. The van der Waals surface area contributed by atoms with Gasteiger partial charge in [0.25, 0.3) is 0 Å². The molecular weight excluding hydrogens is 278 g/mol. The van der Waals surface area contributed by atoms with E-state index in [1.165, 1.54) is 16.7 Å². The maximum absolute atomic E-state index is 6.06. The monoisotopic (exact) mass is 301 g/mol. The molecule has 112 valence electrons. The summed E-state index contributed by atoms with van der Waals surface area (Å²) in [6, 6.07) is 17.5. The van der Waals surface area contributed by atoms with Crippen LogP contribution in [0.25, 0.3) is 0 Å². The van der Waals surface area contributed by atoms with Crippen molar-refractivity contribution in [2.75, 3.05) is 0 Å².